The number of rotatable bonds is 6. The van der Waals surface area contributed by atoms with Crippen LogP contribution in [0.25, 0.3) is 49.8 Å². The molecule has 304 valence electrons. The molecule has 0 saturated heterocycles. The zero-order valence-corrected chi connectivity index (χ0v) is 36.8. The number of nitrogens with zero attached hydrogens (tertiary/aromatic N) is 2. The molecule has 0 radical (unpaired) electrons. The van der Waals surface area contributed by atoms with E-state index in [1.807, 2.05) is 0 Å². The van der Waals surface area contributed by atoms with Crippen molar-refractivity contribution in [3.05, 3.63) is 201 Å². The Bertz CT molecular complexity index is 3340. The van der Waals surface area contributed by atoms with E-state index in [0.29, 0.717) is 0 Å². The number of benzene rings is 7. The first-order valence-electron chi connectivity index (χ1n) is 21.8. The number of aryl methyl sites for hydroxylation is 8. The van der Waals surface area contributed by atoms with Gasteiger partial charge < -0.3 is 18.6 Å². The van der Waals surface area contributed by atoms with Gasteiger partial charge in [-0.1, -0.05) is 66.7 Å². The fourth-order valence-electron chi connectivity index (χ4n) is 9.78. The van der Waals surface area contributed by atoms with Gasteiger partial charge in [-0.25, -0.2) is 0 Å². The molecule has 0 aliphatic heterocycles. The lowest BCUT2D eigenvalue weighted by molar-refractivity contribution is 0.520. The van der Waals surface area contributed by atoms with Gasteiger partial charge in [0, 0.05) is 68.2 Å². The number of furan rings is 2. The van der Waals surface area contributed by atoms with Crippen LogP contribution in [0.2, 0.25) is 0 Å². The van der Waals surface area contributed by atoms with Crippen LogP contribution in [-0.4, -0.2) is 0 Å². The van der Waals surface area contributed by atoms with Crippen LogP contribution in [0, 0.1) is 61.3 Å². The molecule has 4 heteroatoms. The van der Waals surface area contributed by atoms with Gasteiger partial charge in [0.15, 0.2) is 0 Å². The summed E-state index contributed by atoms with van der Waals surface area (Å²) in [5, 5.41) is 5.57. The molecule has 0 saturated carbocycles. The van der Waals surface area contributed by atoms with Crippen LogP contribution in [0.4, 0.5) is 28.4 Å². The van der Waals surface area contributed by atoms with Crippen molar-refractivity contribution in [1.29, 1.82) is 0 Å². The molecule has 2 aromatic heterocycles. The highest BCUT2D eigenvalue weighted by Crippen LogP contribution is 2.46. The first kappa shape index (κ1) is 37.9. The van der Waals surface area contributed by atoms with Gasteiger partial charge in [-0.3, -0.25) is 0 Å². The molecule has 1 atom stereocenters. The molecular formula is C58H50N2O2. The van der Waals surface area contributed by atoms with Gasteiger partial charge in [-0.15, -0.1) is 0 Å². The topological polar surface area (TPSA) is 32.8 Å². The van der Waals surface area contributed by atoms with Crippen molar-refractivity contribution in [3.8, 4) is 0 Å². The Hall–Kier alpha value is -7.04. The second kappa shape index (κ2) is 14.3. The standard InChI is InChI=1S/C58H50N2O2/c1-33-9-13-37(5)51(21-33)59(52-22-34(2)10-14-38(52)6)45-19-17-41-27-47-49-31-58-50(32-57(49)61-55(47)29-43(41)25-45)48-28-42-18-20-46(26-44(42)30-56(48)62-58)60(53-23-35(3)11-15-39(53)7)54-24-36(4)12-16-40(54)8/h9-29,31-32,44H,30H2,1-8H3. The second-order valence-corrected chi connectivity index (χ2v) is 18.0. The second-order valence-electron chi connectivity index (χ2n) is 18.0. The largest absolute Gasteiger partial charge is 0.460 e. The van der Waals surface area contributed by atoms with Crippen LogP contribution >= 0.6 is 0 Å². The van der Waals surface area contributed by atoms with Gasteiger partial charge in [-0.2, -0.15) is 0 Å². The molecule has 62 heavy (non-hydrogen) atoms. The normalized spacial score (nSPS) is 14.7. The number of fused-ring (bicyclic) bond motifs is 8. The number of anilines is 5. The molecule has 9 aromatic rings. The summed E-state index contributed by atoms with van der Waals surface area (Å²) in [4.78, 5) is 4.86. The predicted molar refractivity (Wildman–Crippen MR) is 261 cm³/mol. The molecule has 2 heterocycles. The van der Waals surface area contributed by atoms with Crippen LogP contribution < -0.4 is 9.80 Å². The van der Waals surface area contributed by atoms with Crippen molar-refractivity contribution in [3.63, 3.8) is 0 Å². The smallest absolute Gasteiger partial charge is 0.136 e. The molecule has 0 fully saturated rings. The summed E-state index contributed by atoms with van der Waals surface area (Å²) in [6, 6.07) is 42.6. The van der Waals surface area contributed by atoms with E-state index in [2.05, 4.69) is 205 Å². The maximum absolute atomic E-state index is 6.79. The Morgan fingerprint density at radius 3 is 1.56 bits per heavy atom. The van der Waals surface area contributed by atoms with Crippen molar-refractivity contribution in [2.75, 3.05) is 9.80 Å². The number of hydrogen-bond acceptors (Lipinski definition) is 4. The molecular weight excluding hydrogens is 757 g/mol. The van der Waals surface area contributed by atoms with Crippen molar-refractivity contribution in [2.24, 2.45) is 5.92 Å². The highest BCUT2D eigenvalue weighted by atomic mass is 16.3. The summed E-state index contributed by atoms with van der Waals surface area (Å²) in [6.45, 7) is 17.5. The predicted octanol–water partition coefficient (Wildman–Crippen LogP) is 16.3. The van der Waals surface area contributed by atoms with Crippen molar-refractivity contribution < 1.29 is 8.83 Å². The third-order valence-corrected chi connectivity index (χ3v) is 13.2. The third-order valence-electron chi connectivity index (χ3n) is 13.2. The van der Waals surface area contributed by atoms with Crippen LogP contribution in [0.1, 0.15) is 55.8 Å². The average Bonchev–Trinajstić information content (AvgIpc) is 3.78. The highest BCUT2D eigenvalue weighted by Gasteiger charge is 2.29. The molecule has 2 aliphatic rings. The Morgan fingerprint density at radius 2 is 0.968 bits per heavy atom. The monoisotopic (exact) mass is 806 g/mol. The van der Waals surface area contributed by atoms with E-state index in [1.54, 1.807) is 0 Å². The minimum Gasteiger partial charge on any atom is -0.460 e. The van der Waals surface area contributed by atoms with E-state index in [-0.39, 0.29) is 5.92 Å². The summed E-state index contributed by atoms with van der Waals surface area (Å²) < 4.78 is 13.5. The van der Waals surface area contributed by atoms with Crippen LogP contribution in [-0.2, 0) is 6.42 Å². The molecule has 0 amide bonds. The molecule has 0 N–H and O–H groups in total. The Balaban J connectivity index is 0.973. The SMILES string of the molecule is Cc1ccc(C)c(N(C2=CC3Cc4oc5cc6c(cc5c4C=C3C=C2)oc2cc3cc(N(c4cc(C)ccc4C)c4cc(C)ccc4C)ccc3cc26)c2cc(C)ccc2C)c1. The summed E-state index contributed by atoms with van der Waals surface area (Å²) in [7, 11) is 0. The summed E-state index contributed by atoms with van der Waals surface area (Å²) in [5.41, 5.74) is 22.1. The molecule has 11 rings (SSSR count). The van der Waals surface area contributed by atoms with Crippen molar-refractivity contribution in [1.82, 2.24) is 0 Å². The minimum absolute atomic E-state index is 0.196. The Kier molecular flexibility index (Phi) is 8.73. The summed E-state index contributed by atoms with van der Waals surface area (Å²) >= 11 is 0. The summed E-state index contributed by atoms with van der Waals surface area (Å²) in [6.07, 6.45) is 10.2. The third kappa shape index (κ3) is 6.27. The van der Waals surface area contributed by atoms with E-state index in [4.69, 9.17) is 8.83 Å². The molecule has 1 unspecified atom stereocenters. The molecule has 4 nitrogen and oxygen atoms in total. The van der Waals surface area contributed by atoms with Gasteiger partial charge in [0.1, 0.15) is 22.5 Å². The first-order chi connectivity index (χ1) is 29.9. The van der Waals surface area contributed by atoms with Gasteiger partial charge in [0.25, 0.3) is 0 Å². The van der Waals surface area contributed by atoms with Crippen molar-refractivity contribution in [2.45, 2.75) is 61.8 Å². The van der Waals surface area contributed by atoms with Crippen molar-refractivity contribution >= 4 is 78.2 Å². The lowest BCUT2D eigenvalue weighted by atomic mass is 9.83. The Labute approximate surface area is 363 Å². The van der Waals surface area contributed by atoms with Crippen LogP contribution in [0.15, 0.2) is 154 Å². The van der Waals surface area contributed by atoms with Gasteiger partial charge in [-0.05, 0) is 189 Å². The van der Waals surface area contributed by atoms with E-state index < -0.39 is 0 Å². The van der Waals surface area contributed by atoms with E-state index in [1.165, 1.54) is 83.9 Å². The maximum Gasteiger partial charge on any atom is 0.136 e. The number of hydrogen-bond donors (Lipinski definition) is 0. The lowest BCUT2D eigenvalue weighted by Crippen LogP contribution is -2.22. The van der Waals surface area contributed by atoms with Gasteiger partial charge >= 0.3 is 0 Å². The summed E-state index contributed by atoms with van der Waals surface area (Å²) in [5.74, 6) is 1.22. The van der Waals surface area contributed by atoms with Gasteiger partial charge in [0.05, 0.1) is 0 Å². The fraction of sp³-hybridized carbons (Fsp3) is 0.172. The highest BCUT2D eigenvalue weighted by molar-refractivity contribution is 6.14. The lowest BCUT2D eigenvalue weighted by Gasteiger charge is -2.33. The van der Waals surface area contributed by atoms with Gasteiger partial charge in [0.2, 0.25) is 0 Å². The van der Waals surface area contributed by atoms with E-state index >= 15 is 0 Å². The number of allylic oxidation sites excluding steroid dienone is 4. The molecule has 0 spiro atoms. The molecule has 2 aliphatic carbocycles. The fourth-order valence-corrected chi connectivity index (χ4v) is 9.78. The first-order valence-corrected chi connectivity index (χ1v) is 21.8. The minimum atomic E-state index is 0.196. The van der Waals surface area contributed by atoms with E-state index in [0.717, 1.165) is 61.7 Å². The zero-order chi connectivity index (χ0) is 42.6. The Morgan fingerprint density at radius 1 is 0.452 bits per heavy atom. The van der Waals surface area contributed by atoms with Crippen LogP contribution in [0.3, 0.4) is 0 Å². The average molecular weight is 807 g/mol. The van der Waals surface area contributed by atoms with Crippen LogP contribution in [0.5, 0.6) is 0 Å². The molecule has 7 aromatic carbocycles. The zero-order valence-electron chi connectivity index (χ0n) is 36.8. The maximum atomic E-state index is 6.79. The molecule has 0 bridgehead atoms. The quantitative estimate of drug-likeness (QED) is 0.168. The van der Waals surface area contributed by atoms with E-state index in [9.17, 15) is 0 Å².